The number of likely N-dealkylation sites (tertiary alicyclic amines) is 1. The highest BCUT2D eigenvalue weighted by molar-refractivity contribution is 5.89. The van der Waals surface area contributed by atoms with Crippen LogP contribution in [0.1, 0.15) is 44.9 Å². The molecule has 2 N–H and O–H groups in total. The van der Waals surface area contributed by atoms with Crippen LogP contribution in [0.2, 0.25) is 0 Å². The minimum atomic E-state index is -0.168. The quantitative estimate of drug-likeness (QED) is 0.619. The lowest BCUT2D eigenvalue weighted by Gasteiger charge is -2.38. The first kappa shape index (κ1) is 23.2. The molecule has 6 heteroatoms. The average Bonchev–Trinajstić information content (AvgIpc) is 3.19. The Morgan fingerprint density at radius 2 is 2.00 bits per heavy atom. The van der Waals surface area contributed by atoms with Crippen LogP contribution in [-0.4, -0.2) is 48.8 Å². The third kappa shape index (κ3) is 6.05. The van der Waals surface area contributed by atoms with Crippen molar-refractivity contribution in [2.24, 2.45) is 5.41 Å². The Bertz CT molecular complexity index is 838. The number of aryl methyl sites for hydroxylation is 1. The summed E-state index contributed by atoms with van der Waals surface area (Å²) in [5, 5.41) is 5.90. The molecule has 6 nitrogen and oxygen atoms in total. The van der Waals surface area contributed by atoms with E-state index >= 15 is 0 Å². The molecule has 0 aliphatic carbocycles. The highest BCUT2D eigenvalue weighted by Gasteiger charge is 2.43. The molecule has 0 saturated carbocycles. The van der Waals surface area contributed by atoms with Gasteiger partial charge >= 0.3 is 6.03 Å². The molecular weight excluding hydrogens is 388 g/mol. The minimum absolute atomic E-state index is 0.0332. The zero-order chi connectivity index (χ0) is 22.3. The van der Waals surface area contributed by atoms with E-state index in [2.05, 4.69) is 46.5 Å². The third-order valence-electron chi connectivity index (χ3n) is 6.43. The maximum Gasteiger partial charge on any atom is 0.319 e. The largest absolute Gasteiger partial charge is 0.381 e. The number of rotatable bonds is 9. The molecule has 168 valence electrons. The molecule has 1 aromatic heterocycles. The summed E-state index contributed by atoms with van der Waals surface area (Å²) >= 11 is 0. The smallest absolute Gasteiger partial charge is 0.319 e. The molecule has 1 saturated heterocycles. The highest BCUT2D eigenvalue weighted by Crippen LogP contribution is 2.40. The average molecular weight is 425 g/mol. The summed E-state index contributed by atoms with van der Waals surface area (Å²) in [7, 11) is 0. The summed E-state index contributed by atoms with van der Waals surface area (Å²) in [4.78, 5) is 19.3. The van der Waals surface area contributed by atoms with Crippen molar-refractivity contribution in [3.05, 3.63) is 59.9 Å². The number of carbonyl (C=O) groups excluding carboxylic acids is 1. The van der Waals surface area contributed by atoms with Crippen molar-refractivity contribution >= 4 is 11.7 Å². The van der Waals surface area contributed by atoms with E-state index in [0.29, 0.717) is 19.8 Å². The van der Waals surface area contributed by atoms with E-state index in [0.717, 1.165) is 37.3 Å². The maximum atomic E-state index is 12.3. The number of nitrogens with one attached hydrogen (secondary N) is 2. The standard InChI is InChI=1S/C25H36N4O2/c1-5-31-19-25(13-15-26-23(30)28-22-9-7-6-8-10-22)14-16-29(18-25)24(3,4)21-12-11-20(2)27-17-21/h6-12,17H,5,13-16,18-19H2,1-4H3,(H2,26,28,30). The normalized spacial score (nSPS) is 19.4. The second kappa shape index (κ2) is 10.2. The highest BCUT2D eigenvalue weighted by atomic mass is 16.5. The van der Waals surface area contributed by atoms with Gasteiger partial charge < -0.3 is 15.4 Å². The van der Waals surface area contributed by atoms with Crippen LogP contribution in [-0.2, 0) is 10.3 Å². The van der Waals surface area contributed by atoms with E-state index in [1.807, 2.05) is 50.4 Å². The van der Waals surface area contributed by atoms with Crippen molar-refractivity contribution in [3.63, 3.8) is 0 Å². The molecule has 2 aromatic rings. The van der Waals surface area contributed by atoms with Crippen molar-refractivity contribution in [3.8, 4) is 0 Å². The van der Waals surface area contributed by atoms with E-state index < -0.39 is 0 Å². The number of hydrogen-bond donors (Lipinski definition) is 2. The lowest BCUT2D eigenvalue weighted by Crippen LogP contribution is -2.43. The van der Waals surface area contributed by atoms with E-state index in [9.17, 15) is 4.79 Å². The van der Waals surface area contributed by atoms with Crippen molar-refractivity contribution < 1.29 is 9.53 Å². The molecule has 1 aromatic carbocycles. The second-order valence-electron chi connectivity index (χ2n) is 9.05. The van der Waals surface area contributed by atoms with Crippen LogP contribution in [0.25, 0.3) is 0 Å². The van der Waals surface area contributed by atoms with Gasteiger partial charge in [-0.25, -0.2) is 4.79 Å². The van der Waals surface area contributed by atoms with Gasteiger partial charge in [0.25, 0.3) is 0 Å². The van der Waals surface area contributed by atoms with E-state index in [1.165, 1.54) is 5.56 Å². The second-order valence-corrected chi connectivity index (χ2v) is 9.05. The summed E-state index contributed by atoms with van der Waals surface area (Å²) < 4.78 is 5.89. The van der Waals surface area contributed by atoms with Crippen molar-refractivity contribution in [1.29, 1.82) is 0 Å². The lowest BCUT2D eigenvalue weighted by atomic mass is 9.84. The fourth-order valence-corrected chi connectivity index (χ4v) is 4.28. The van der Waals surface area contributed by atoms with Gasteiger partial charge in [-0.15, -0.1) is 0 Å². The van der Waals surface area contributed by atoms with Gasteiger partial charge in [0, 0.05) is 48.2 Å². The molecule has 1 unspecified atom stereocenters. The molecule has 1 atom stereocenters. The monoisotopic (exact) mass is 424 g/mol. The minimum Gasteiger partial charge on any atom is -0.381 e. The molecule has 2 heterocycles. The number of urea groups is 1. The first-order chi connectivity index (χ1) is 14.8. The topological polar surface area (TPSA) is 66.5 Å². The Hall–Kier alpha value is -2.44. The Morgan fingerprint density at radius 3 is 2.68 bits per heavy atom. The Labute approximate surface area is 186 Å². The van der Waals surface area contributed by atoms with Gasteiger partial charge in [-0.05, 0) is 70.8 Å². The molecule has 31 heavy (non-hydrogen) atoms. The number of carbonyl (C=O) groups is 1. The molecule has 1 aliphatic heterocycles. The lowest BCUT2D eigenvalue weighted by molar-refractivity contribution is 0.0388. The summed E-state index contributed by atoms with van der Waals surface area (Å²) in [6.07, 6.45) is 3.93. The maximum absolute atomic E-state index is 12.3. The number of ether oxygens (including phenoxy) is 1. The molecule has 0 bridgehead atoms. The van der Waals surface area contributed by atoms with Crippen molar-refractivity contribution in [2.75, 3.05) is 38.2 Å². The molecule has 2 amide bonds. The van der Waals surface area contributed by atoms with Gasteiger partial charge in [-0.3, -0.25) is 9.88 Å². The van der Waals surface area contributed by atoms with Crippen LogP contribution >= 0.6 is 0 Å². The first-order valence-electron chi connectivity index (χ1n) is 11.2. The van der Waals surface area contributed by atoms with Crippen LogP contribution in [0.15, 0.2) is 48.7 Å². The molecule has 1 fully saturated rings. The number of anilines is 1. The van der Waals surface area contributed by atoms with Gasteiger partial charge in [0.05, 0.1) is 6.61 Å². The number of para-hydroxylation sites is 1. The van der Waals surface area contributed by atoms with Crippen molar-refractivity contribution in [1.82, 2.24) is 15.2 Å². The number of aromatic nitrogens is 1. The number of amides is 2. The van der Waals surface area contributed by atoms with Crippen LogP contribution in [0.5, 0.6) is 0 Å². The predicted molar refractivity (Wildman–Crippen MR) is 125 cm³/mol. The van der Waals surface area contributed by atoms with Crippen LogP contribution in [0.4, 0.5) is 10.5 Å². The van der Waals surface area contributed by atoms with Gasteiger partial charge in [-0.2, -0.15) is 0 Å². The molecule has 1 aliphatic rings. The Kier molecular flexibility index (Phi) is 7.68. The Morgan fingerprint density at radius 1 is 1.23 bits per heavy atom. The SMILES string of the molecule is CCOCC1(CCNC(=O)Nc2ccccc2)CCN(C(C)(C)c2ccc(C)nc2)C1. The van der Waals surface area contributed by atoms with Crippen LogP contribution in [0, 0.1) is 12.3 Å². The van der Waals surface area contributed by atoms with E-state index in [4.69, 9.17) is 4.74 Å². The fraction of sp³-hybridized carbons (Fsp3) is 0.520. The zero-order valence-electron chi connectivity index (χ0n) is 19.3. The molecule has 0 radical (unpaired) electrons. The van der Waals surface area contributed by atoms with E-state index in [1.54, 1.807) is 0 Å². The number of hydrogen-bond acceptors (Lipinski definition) is 4. The third-order valence-corrected chi connectivity index (χ3v) is 6.43. The zero-order valence-corrected chi connectivity index (χ0v) is 19.3. The number of nitrogens with zero attached hydrogens (tertiary/aromatic N) is 2. The molecule has 3 rings (SSSR count). The van der Waals surface area contributed by atoms with Gasteiger partial charge in [0.1, 0.15) is 0 Å². The van der Waals surface area contributed by atoms with Crippen molar-refractivity contribution in [2.45, 2.75) is 46.1 Å². The number of benzene rings is 1. The van der Waals surface area contributed by atoms with Crippen LogP contribution < -0.4 is 10.6 Å². The molecular formula is C25H36N4O2. The van der Waals surface area contributed by atoms with Gasteiger partial charge in [0.2, 0.25) is 0 Å². The van der Waals surface area contributed by atoms with Gasteiger partial charge in [0.15, 0.2) is 0 Å². The molecule has 0 spiro atoms. The van der Waals surface area contributed by atoms with Gasteiger partial charge in [-0.1, -0.05) is 24.3 Å². The first-order valence-corrected chi connectivity index (χ1v) is 11.2. The summed E-state index contributed by atoms with van der Waals surface area (Å²) in [6.45, 7) is 12.6. The Balaban J connectivity index is 1.60. The number of pyridine rings is 1. The predicted octanol–water partition coefficient (Wildman–Crippen LogP) is 4.57. The summed E-state index contributed by atoms with van der Waals surface area (Å²) in [5.74, 6) is 0. The fourth-order valence-electron chi connectivity index (χ4n) is 4.28. The summed E-state index contributed by atoms with van der Waals surface area (Å²) in [5.41, 5.74) is 2.99. The van der Waals surface area contributed by atoms with Crippen LogP contribution in [0.3, 0.4) is 0 Å². The van der Waals surface area contributed by atoms with E-state index in [-0.39, 0.29) is 17.0 Å². The summed E-state index contributed by atoms with van der Waals surface area (Å²) in [6, 6.07) is 13.6.